The zero-order valence-electron chi connectivity index (χ0n) is 15.8. The minimum absolute atomic E-state index is 0.110. The molecule has 0 spiro atoms. The van der Waals surface area contributed by atoms with Crippen LogP contribution in [-0.4, -0.2) is 35.3 Å². The molecule has 0 fully saturated rings. The number of hydrogen-bond acceptors (Lipinski definition) is 7. The third-order valence-corrected chi connectivity index (χ3v) is 5.03. The van der Waals surface area contributed by atoms with Crippen LogP contribution in [0.4, 0.5) is 5.69 Å². The van der Waals surface area contributed by atoms with Gasteiger partial charge in [-0.15, -0.1) is 10.2 Å². The molecule has 0 unspecified atom stereocenters. The fourth-order valence-corrected chi connectivity index (χ4v) is 3.36. The number of nitrogens with zero attached hydrogens (tertiary/aromatic N) is 2. The van der Waals surface area contributed by atoms with Crippen LogP contribution in [0, 0.1) is 0 Å². The number of hydrogen-bond donors (Lipinski definition) is 1. The van der Waals surface area contributed by atoms with Crippen LogP contribution in [0.2, 0.25) is 0 Å². The molecule has 1 aromatic heterocycles. The lowest BCUT2D eigenvalue weighted by atomic mass is 10.1. The van der Waals surface area contributed by atoms with Crippen molar-refractivity contribution < 1.29 is 19.0 Å². The van der Waals surface area contributed by atoms with Crippen molar-refractivity contribution in [3.8, 4) is 28.5 Å². The minimum atomic E-state index is -0.110. The van der Waals surface area contributed by atoms with E-state index >= 15 is 0 Å². The summed E-state index contributed by atoms with van der Waals surface area (Å²) in [5.41, 5.74) is 2.35. The summed E-state index contributed by atoms with van der Waals surface area (Å²) in [4.78, 5) is 12.2. The smallest absolute Gasteiger partial charge is 0.234 e. The molecular weight excluding hydrogens is 390 g/mol. The van der Waals surface area contributed by atoms with Gasteiger partial charge in [0.15, 0.2) is 11.5 Å². The maximum Gasteiger partial charge on any atom is 0.234 e. The lowest BCUT2D eigenvalue weighted by Crippen LogP contribution is -2.14. The Morgan fingerprint density at radius 3 is 2.66 bits per heavy atom. The summed E-state index contributed by atoms with van der Waals surface area (Å²) in [7, 11) is 0. The Labute approximate surface area is 172 Å². The molecule has 7 nitrogen and oxygen atoms in total. The van der Waals surface area contributed by atoms with Crippen LogP contribution in [0.5, 0.6) is 17.2 Å². The van der Waals surface area contributed by atoms with Gasteiger partial charge in [-0.25, -0.2) is 0 Å². The molecule has 0 atom stereocenters. The molecule has 8 heteroatoms. The lowest BCUT2D eigenvalue weighted by Gasteiger charge is -2.07. The second-order valence-corrected chi connectivity index (χ2v) is 7.11. The molecule has 1 amide bonds. The maximum absolute atomic E-state index is 12.2. The van der Waals surface area contributed by atoms with E-state index in [1.54, 1.807) is 0 Å². The summed E-state index contributed by atoms with van der Waals surface area (Å²) >= 11 is 1.33. The van der Waals surface area contributed by atoms with Gasteiger partial charge in [-0.3, -0.25) is 4.79 Å². The zero-order chi connectivity index (χ0) is 20.1. The number of carbonyl (C=O) groups is 1. The van der Waals surface area contributed by atoms with Crippen LogP contribution in [0.1, 0.15) is 6.92 Å². The number of ether oxygens (including phenoxy) is 3. The number of anilines is 1. The van der Waals surface area contributed by atoms with E-state index in [1.807, 2.05) is 61.5 Å². The summed E-state index contributed by atoms with van der Waals surface area (Å²) < 4.78 is 16.1. The molecule has 4 rings (SSSR count). The standard InChI is InChI=1S/C21H19N3O4S/c1-2-26-16-6-4-15(5-7-16)22-20(25)12-29-21-10-8-17(23-24-21)14-3-9-18-19(11-14)28-13-27-18/h3-11H,2,12-13H2,1H3,(H,22,25). The quantitative estimate of drug-likeness (QED) is 0.591. The van der Waals surface area contributed by atoms with Crippen LogP contribution in [-0.2, 0) is 4.79 Å². The fourth-order valence-electron chi connectivity index (χ4n) is 2.74. The molecule has 0 saturated carbocycles. The lowest BCUT2D eigenvalue weighted by molar-refractivity contribution is -0.113. The Morgan fingerprint density at radius 2 is 1.90 bits per heavy atom. The average molecular weight is 409 g/mol. The van der Waals surface area contributed by atoms with Crippen molar-refractivity contribution in [3.63, 3.8) is 0 Å². The van der Waals surface area contributed by atoms with Crippen LogP contribution in [0.25, 0.3) is 11.3 Å². The van der Waals surface area contributed by atoms with E-state index < -0.39 is 0 Å². The van der Waals surface area contributed by atoms with Crippen molar-refractivity contribution in [1.29, 1.82) is 0 Å². The van der Waals surface area contributed by atoms with E-state index in [9.17, 15) is 4.79 Å². The fraction of sp³-hybridized carbons (Fsp3) is 0.190. The Morgan fingerprint density at radius 1 is 1.07 bits per heavy atom. The van der Waals surface area contributed by atoms with Gasteiger partial charge >= 0.3 is 0 Å². The van der Waals surface area contributed by atoms with E-state index in [0.717, 1.165) is 28.4 Å². The van der Waals surface area contributed by atoms with Gasteiger partial charge in [-0.2, -0.15) is 0 Å². The first-order valence-corrected chi connectivity index (χ1v) is 10.1. The van der Waals surface area contributed by atoms with E-state index in [-0.39, 0.29) is 18.5 Å². The van der Waals surface area contributed by atoms with Gasteiger partial charge in [0.05, 0.1) is 18.1 Å². The van der Waals surface area contributed by atoms with Gasteiger partial charge in [0.1, 0.15) is 10.8 Å². The third kappa shape index (κ3) is 4.78. The highest BCUT2D eigenvalue weighted by atomic mass is 32.2. The second kappa shape index (κ2) is 8.83. The second-order valence-electron chi connectivity index (χ2n) is 6.12. The summed E-state index contributed by atoms with van der Waals surface area (Å²) in [6, 6.07) is 16.6. The van der Waals surface area contributed by atoms with Gasteiger partial charge in [-0.05, 0) is 61.5 Å². The monoisotopic (exact) mass is 409 g/mol. The molecule has 2 heterocycles. The molecule has 2 aromatic carbocycles. The predicted molar refractivity (Wildman–Crippen MR) is 111 cm³/mol. The molecule has 0 saturated heterocycles. The largest absolute Gasteiger partial charge is 0.494 e. The number of rotatable bonds is 7. The van der Waals surface area contributed by atoms with Crippen molar-refractivity contribution >= 4 is 23.4 Å². The first kappa shape index (κ1) is 19.1. The molecular formula is C21H19N3O4S. The highest BCUT2D eigenvalue weighted by Gasteiger charge is 2.14. The summed E-state index contributed by atoms with van der Waals surface area (Å²) in [5, 5.41) is 12.0. The van der Waals surface area contributed by atoms with Gasteiger partial charge in [0.2, 0.25) is 12.7 Å². The minimum Gasteiger partial charge on any atom is -0.494 e. The topological polar surface area (TPSA) is 82.6 Å². The number of fused-ring (bicyclic) bond motifs is 1. The number of thioether (sulfide) groups is 1. The van der Waals surface area contributed by atoms with E-state index in [1.165, 1.54) is 11.8 Å². The molecule has 3 aromatic rings. The Hall–Kier alpha value is -3.26. The van der Waals surface area contributed by atoms with Crippen molar-refractivity contribution in [3.05, 3.63) is 54.6 Å². The van der Waals surface area contributed by atoms with Crippen LogP contribution in [0.15, 0.2) is 59.6 Å². The van der Waals surface area contributed by atoms with Gasteiger partial charge < -0.3 is 19.5 Å². The van der Waals surface area contributed by atoms with E-state index in [0.29, 0.717) is 17.4 Å². The Bertz CT molecular complexity index is 994. The van der Waals surface area contributed by atoms with Crippen molar-refractivity contribution in [2.75, 3.05) is 24.5 Å². The molecule has 1 N–H and O–H groups in total. The first-order valence-electron chi connectivity index (χ1n) is 9.10. The molecule has 148 valence electrons. The normalized spacial score (nSPS) is 11.9. The van der Waals surface area contributed by atoms with Crippen molar-refractivity contribution in [1.82, 2.24) is 10.2 Å². The SMILES string of the molecule is CCOc1ccc(NC(=O)CSc2ccc(-c3ccc4c(c3)OCO4)nn2)cc1. The number of nitrogens with one attached hydrogen (secondary N) is 1. The Balaban J connectivity index is 1.31. The third-order valence-electron chi connectivity index (χ3n) is 4.11. The van der Waals surface area contributed by atoms with E-state index in [4.69, 9.17) is 14.2 Å². The number of aromatic nitrogens is 2. The molecule has 1 aliphatic rings. The molecule has 1 aliphatic heterocycles. The molecule has 29 heavy (non-hydrogen) atoms. The summed E-state index contributed by atoms with van der Waals surface area (Å²) in [6.07, 6.45) is 0. The van der Waals surface area contributed by atoms with Gasteiger partial charge in [-0.1, -0.05) is 11.8 Å². The average Bonchev–Trinajstić information content (AvgIpc) is 3.22. The van der Waals surface area contributed by atoms with Crippen molar-refractivity contribution in [2.24, 2.45) is 0 Å². The van der Waals surface area contributed by atoms with Crippen LogP contribution < -0.4 is 19.5 Å². The van der Waals surface area contributed by atoms with Crippen LogP contribution >= 0.6 is 11.8 Å². The highest BCUT2D eigenvalue weighted by molar-refractivity contribution is 7.99. The summed E-state index contributed by atoms with van der Waals surface area (Å²) in [6.45, 7) is 2.77. The Kier molecular flexibility index (Phi) is 5.81. The predicted octanol–water partition coefficient (Wildman–Crippen LogP) is 4.00. The number of benzene rings is 2. The van der Waals surface area contributed by atoms with Gasteiger partial charge in [0.25, 0.3) is 0 Å². The highest BCUT2D eigenvalue weighted by Crippen LogP contribution is 2.35. The van der Waals surface area contributed by atoms with E-state index in [2.05, 4.69) is 15.5 Å². The molecule has 0 bridgehead atoms. The van der Waals surface area contributed by atoms with Crippen LogP contribution in [0.3, 0.4) is 0 Å². The molecule has 0 radical (unpaired) electrons. The zero-order valence-corrected chi connectivity index (χ0v) is 16.6. The van der Waals surface area contributed by atoms with Crippen molar-refractivity contribution in [2.45, 2.75) is 11.9 Å². The number of amides is 1. The summed E-state index contributed by atoms with van der Waals surface area (Å²) in [5.74, 6) is 2.34. The maximum atomic E-state index is 12.2. The molecule has 0 aliphatic carbocycles. The van der Waals surface area contributed by atoms with Gasteiger partial charge in [0, 0.05) is 11.3 Å². The first-order chi connectivity index (χ1) is 14.2. The number of carbonyl (C=O) groups excluding carboxylic acids is 1.